The topological polar surface area (TPSA) is 44.8 Å². The van der Waals surface area contributed by atoms with Crippen LogP contribution in [0.15, 0.2) is 12.4 Å². The van der Waals surface area contributed by atoms with E-state index in [0.29, 0.717) is 32.4 Å². The number of hydrogen-bond acceptors (Lipinski definition) is 4. The van der Waals surface area contributed by atoms with Gasteiger partial charge in [0.15, 0.2) is 0 Å². The van der Waals surface area contributed by atoms with Crippen molar-refractivity contribution in [3.63, 3.8) is 0 Å². The standard InChI is InChI=1S/C13H21FO4/c1-2-3-5-11(6-4-8-14)17-10-12-7-9-16-13(15)18-12/h4,8,11-12H,2-3,5-7,9-10H2,1H3. The quantitative estimate of drug-likeness (QED) is 0.628. The highest BCUT2D eigenvalue weighted by atomic mass is 19.1. The monoisotopic (exact) mass is 260 g/mol. The molecule has 18 heavy (non-hydrogen) atoms. The first-order chi connectivity index (χ1) is 8.76. The zero-order chi connectivity index (χ0) is 13.2. The molecule has 1 heterocycles. The van der Waals surface area contributed by atoms with Gasteiger partial charge in [-0.25, -0.2) is 9.18 Å². The SMILES string of the molecule is CCCCC(CC=CF)OCC1CCOC(=O)O1. The van der Waals surface area contributed by atoms with Crippen LogP contribution in [0.4, 0.5) is 9.18 Å². The first kappa shape index (κ1) is 15.0. The molecule has 2 atom stereocenters. The molecule has 0 aliphatic carbocycles. The van der Waals surface area contributed by atoms with Gasteiger partial charge < -0.3 is 14.2 Å². The molecule has 0 N–H and O–H groups in total. The van der Waals surface area contributed by atoms with E-state index in [9.17, 15) is 9.18 Å². The highest BCUT2D eigenvalue weighted by molar-refractivity contribution is 5.60. The van der Waals surface area contributed by atoms with Crippen LogP contribution in [0.25, 0.3) is 0 Å². The zero-order valence-corrected chi connectivity index (χ0v) is 10.8. The van der Waals surface area contributed by atoms with Crippen LogP contribution in [0, 0.1) is 0 Å². The fourth-order valence-electron chi connectivity index (χ4n) is 1.77. The van der Waals surface area contributed by atoms with Crippen molar-refractivity contribution in [1.82, 2.24) is 0 Å². The van der Waals surface area contributed by atoms with E-state index >= 15 is 0 Å². The predicted molar refractivity (Wildman–Crippen MR) is 65.0 cm³/mol. The summed E-state index contributed by atoms with van der Waals surface area (Å²) in [6.45, 7) is 2.82. The number of carbonyl (C=O) groups excluding carboxylic acids is 1. The van der Waals surface area contributed by atoms with Crippen molar-refractivity contribution in [2.75, 3.05) is 13.2 Å². The highest BCUT2D eigenvalue weighted by Crippen LogP contribution is 2.14. The van der Waals surface area contributed by atoms with Crippen molar-refractivity contribution in [2.24, 2.45) is 0 Å². The average molecular weight is 260 g/mol. The minimum Gasteiger partial charge on any atom is -0.434 e. The van der Waals surface area contributed by atoms with E-state index in [1.54, 1.807) is 0 Å². The second-order valence-corrected chi connectivity index (χ2v) is 4.32. The van der Waals surface area contributed by atoms with Crippen LogP contribution >= 0.6 is 0 Å². The molecule has 0 bridgehead atoms. The second kappa shape index (κ2) is 8.91. The van der Waals surface area contributed by atoms with Gasteiger partial charge in [-0.3, -0.25) is 0 Å². The molecule has 0 saturated carbocycles. The molecular formula is C13H21FO4. The fourth-order valence-corrected chi connectivity index (χ4v) is 1.77. The van der Waals surface area contributed by atoms with Crippen molar-refractivity contribution in [1.29, 1.82) is 0 Å². The van der Waals surface area contributed by atoms with Gasteiger partial charge in [0.1, 0.15) is 6.10 Å². The maximum atomic E-state index is 12.0. The summed E-state index contributed by atoms with van der Waals surface area (Å²) < 4.78 is 27.3. The van der Waals surface area contributed by atoms with Crippen LogP contribution in [-0.2, 0) is 14.2 Å². The van der Waals surface area contributed by atoms with Gasteiger partial charge in [-0.05, 0) is 12.8 Å². The lowest BCUT2D eigenvalue weighted by Gasteiger charge is -2.24. The van der Waals surface area contributed by atoms with Crippen LogP contribution in [0.2, 0.25) is 0 Å². The van der Waals surface area contributed by atoms with E-state index in [1.807, 2.05) is 0 Å². The molecule has 1 fully saturated rings. The van der Waals surface area contributed by atoms with E-state index in [1.165, 1.54) is 6.08 Å². The third-order valence-electron chi connectivity index (χ3n) is 2.81. The Morgan fingerprint density at radius 1 is 1.61 bits per heavy atom. The lowest BCUT2D eigenvalue weighted by Crippen LogP contribution is -2.32. The Kier molecular flexibility index (Phi) is 7.41. The molecule has 1 aliphatic heterocycles. The average Bonchev–Trinajstić information content (AvgIpc) is 2.38. The van der Waals surface area contributed by atoms with Gasteiger partial charge in [0.2, 0.25) is 0 Å². The van der Waals surface area contributed by atoms with Gasteiger partial charge in [0, 0.05) is 6.42 Å². The van der Waals surface area contributed by atoms with Crippen LogP contribution in [0.5, 0.6) is 0 Å². The number of halogens is 1. The number of unbranched alkanes of at least 4 members (excludes halogenated alkanes) is 1. The zero-order valence-electron chi connectivity index (χ0n) is 10.8. The highest BCUT2D eigenvalue weighted by Gasteiger charge is 2.22. The molecule has 0 radical (unpaired) electrons. The molecule has 104 valence electrons. The number of carbonyl (C=O) groups is 1. The molecule has 1 rings (SSSR count). The Hall–Kier alpha value is -1.10. The summed E-state index contributed by atoms with van der Waals surface area (Å²) in [6.07, 6.45) is 5.29. The third-order valence-corrected chi connectivity index (χ3v) is 2.81. The number of hydrogen-bond donors (Lipinski definition) is 0. The van der Waals surface area contributed by atoms with Crippen molar-refractivity contribution in [3.8, 4) is 0 Å². The molecule has 1 saturated heterocycles. The third kappa shape index (κ3) is 6.00. The van der Waals surface area contributed by atoms with E-state index in [-0.39, 0.29) is 12.2 Å². The van der Waals surface area contributed by atoms with E-state index in [2.05, 4.69) is 11.7 Å². The Balaban J connectivity index is 2.28. The summed E-state index contributed by atoms with van der Waals surface area (Å²) in [5.74, 6) is 0. The van der Waals surface area contributed by atoms with Crippen LogP contribution in [0.3, 0.4) is 0 Å². The smallest absolute Gasteiger partial charge is 0.434 e. The van der Waals surface area contributed by atoms with Crippen LogP contribution in [-0.4, -0.2) is 31.6 Å². The molecule has 1 aliphatic rings. The molecule has 4 nitrogen and oxygen atoms in total. The van der Waals surface area contributed by atoms with E-state index in [0.717, 1.165) is 19.3 Å². The molecule has 0 amide bonds. The van der Waals surface area contributed by atoms with Crippen molar-refractivity contribution >= 4 is 6.16 Å². The first-order valence-electron chi connectivity index (χ1n) is 6.46. The largest absolute Gasteiger partial charge is 0.508 e. The summed E-state index contributed by atoms with van der Waals surface area (Å²) in [4.78, 5) is 10.9. The van der Waals surface area contributed by atoms with Gasteiger partial charge >= 0.3 is 6.16 Å². The summed E-state index contributed by atoms with van der Waals surface area (Å²) in [7, 11) is 0. The summed E-state index contributed by atoms with van der Waals surface area (Å²) in [5.41, 5.74) is 0. The fraction of sp³-hybridized carbons (Fsp3) is 0.769. The van der Waals surface area contributed by atoms with Gasteiger partial charge in [0.25, 0.3) is 0 Å². The molecule has 0 aromatic carbocycles. The van der Waals surface area contributed by atoms with Crippen LogP contribution < -0.4 is 0 Å². The molecule has 0 aromatic rings. The van der Waals surface area contributed by atoms with Gasteiger partial charge in [-0.15, -0.1) is 0 Å². The Morgan fingerprint density at radius 3 is 3.11 bits per heavy atom. The normalized spacial score (nSPS) is 21.7. The molecule has 2 unspecified atom stereocenters. The molecule has 0 aromatic heterocycles. The van der Waals surface area contributed by atoms with E-state index < -0.39 is 6.16 Å². The summed E-state index contributed by atoms with van der Waals surface area (Å²) >= 11 is 0. The number of cyclic esters (lactones) is 2. The molecule has 5 heteroatoms. The minimum atomic E-state index is -0.636. The number of ether oxygens (including phenoxy) is 3. The summed E-state index contributed by atoms with van der Waals surface area (Å²) in [5, 5.41) is 0. The van der Waals surface area contributed by atoms with Gasteiger partial charge in [0.05, 0.1) is 25.6 Å². The lowest BCUT2D eigenvalue weighted by molar-refractivity contribution is -0.0716. The Morgan fingerprint density at radius 2 is 2.44 bits per heavy atom. The van der Waals surface area contributed by atoms with Crippen LogP contribution in [0.1, 0.15) is 39.0 Å². The van der Waals surface area contributed by atoms with Gasteiger partial charge in [-0.2, -0.15) is 0 Å². The Bertz CT molecular complexity index is 268. The van der Waals surface area contributed by atoms with Gasteiger partial charge in [-0.1, -0.05) is 25.8 Å². The lowest BCUT2D eigenvalue weighted by atomic mass is 10.1. The van der Waals surface area contributed by atoms with Crippen molar-refractivity contribution < 1.29 is 23.4 Å². The van der Waals surface area contributed by atoms with Crippen molar-refractivity contribution in [3.05, 3.63) is 12.4 Å². The summed E-state index contributed by atoms with van der Waals surface area (Å²) in [6, 6.07) is 0. The minimum absolute atomic E-state index is 0.0153. The number of rotatable bonds is 8. The van der Waals surface area contributed by atoms with E-state index in [4.69, 9.17) is 9.47 Å². The predicted octanol–water partition coefficient (Wildman–Crippen LogP) is 3.36. The first-order valence-corrected chi connectivity index (χ1v) is 6.46. The Labute approximate surface area is 107 Å². The maximum Gasteiger partial charge on any atom is 0.508 e. The second-order valence-electron chi connectivity index (χ2n) is 4.32. The molecule has 0 spiro atoms. The van der Waals surface area contributed by atoms with Crippen molar-refractivity contribution in [2.45, 2.75) is 51.2 Å². The maximum absolute atomic E-state index is 12.0. The molecular weight excluding hydrogens is 239 g/mol.